The Morgan fingerprint density at radius 2 is 2.25 bits per heavy atom. The number of nitrogens with two attached hydrogens (primary N) is 1. The first-order chi connectivity index (χ1) is 9.69. The fourth-order valence-corrected chi connectivity index (χ4v) is 3.67. The van der Waals surface area contributed by atoms with Crippen LogP contribution in [0.3, 0.4) is 0 Å². The van der Waals surface area contributed by atoms with Crippen LogP contribution in [-0.4, -0.2) is 40.6 Å². The lowest BCUT2D eigenvalue weighted by atomic mass is 10.2. The van der Waals surface area contributed by atoms with Crippen molar-refractivity contribution in [1.82, 2.24) is 14.9 Å². The molecule has 2 aliphatic heterocycles. The predicted molar refractivity (Wildman–Crippen MR) is 80.2 cm³/mol. The molecule has 3 heterocycles. The van der Waals surface area contributed by atoms with Crippen LogP contribution in [0, 0.1) is 0 Å². The lowest BCUT2D eigenvalue weighted by Crippen LogP contribution is -2.42. The minimum atomic E-state index is -0.0610. The molecule has 1 aromatic rings. The van der Waals surface area contributed by atoms with Crippen molar-refractivity contribution < 1.29 is 4.74 Å². The highest BCUT2D eigenvalue weighted by Crippen LogP contribution is 2.34. The molecular weight excluding hydrogens is 274 g/mol. The van der Waals surface area contributed by atoms with Crippen LogP contribution in [0.5, 0.6) is 0 Å². The zero-order chi connectivity index (χ0) is 14.1. The highest BCUT2D eigenvalue weighted by molar-refractivity contribution is 7.98. The number of rotatable bonds is 3. The van der Waals surface area contributed by atoms with Gasteiger partial charge in [0.15, 0.2) is 5.82 Å². The average Bonchev–Trinajstić information content (AvgIpc) is 2.94. The Hall–Kier alpha value is -0.890. The van der Waals surface area contributed by atoms with Gasteiger partial charge in [0.05, 0.1) is 12.3 Å². The summed E-state index contributed by atoms with van der Waals surface area (Å²) < 4.78 is 5.86. The summed E-state index contributed by atoms with van der Waals surface area (Å²) >= 11 is 1.84. The minimum absolute atomic E-state index is 0.0610. The highest BCUT2D eigenvalue weighted by Gasteiger charge is 2.28. The van der Waals surface area contributed by atoms with Gasteiger partial charge >= 0.3 is 0 Å². The molecule has 0 aromatic carbocycles. The van der Waals surface area contributed by atoms with Crippen molar-refractivity contribution in [3.05, 3.63) is 17.1 Å². The van der Waals surface area contributed by atoms with E-state index >= 15 is 0 Å². The summed E-state index contributed by atoms with van der Waals surface area (Å²) in [7, 11) is 0. The van der Waals surface area contributed by atoms with Gasteiger partial charge < -0.3 is 10.2 Å². The van der Waals surface area contributed by atoms with Crippen molar-refractivity contribution in [2.24, 2.45) is 5.84 Å². The standard InChI is InChI=1S/C13H21N5OS/c1-8(2)18-3-4-19-11(5-18)13-15-10-7-20-6-9(10)12(16-13)17-14/h8,11H,3-7,14H2,1-2H3,(H,15,16,17). The molecule has 1 unspecified atom stereocenters. The van der Waals surface area contributed by atoms with Gasteiger partial charge in [-0.15, -0.1) is 0 Å². The maximum Gasteiger partial charge on any atom is 0.161 e. The number of ether oxygens (including phenoxy) is 1. The molecule has 0 spiro atoms. The summed E-state index contributed by atoms with van der Waals surface area (Å²) in [5.74, 6) is 8.96. The molecule has 20 heavy (non-hydrogen) atoms. The molecule has 0 bridgehead atoms. The molecule has 1 saturated heterocycles. The molecule has 0 radical (unpaired) electrons. The van der Waals surface area contributed by atoms with Crippen molar-refractivity contribution in [1.29, 1.82) is 0 Å². The number of hydrogen-bond acceptors (Lipinski definition) is 7. The van der Waals surface area contributed by atoms with Crippen molar-refractivity contribution in [3.63, 3.8) is 0 Å². The van der Waals surface area contributed by atoms with E-state index in [0.717, 1.165) is 54.1 Å². The number of hydrazine groups is 1. The van der Waals surface area contributed by atoms with Gasteiger partial charge in [0.1, 0.15) is 11.9 Å². The van der Waals surface area contributed by atoms with Gasteiger partial charge in [-0.05, 0) is 13.8 Å². The van der Waals surface area contributed by atoms with Crippen LogP contribution < -0.4 is 11.3 Å². The van der Waals surface area contributed by atoms with Crippen LogP contribution in [0.4, 0.5) is 5.82 Å². The van der Waals surface area contributed by atoms with E-state index in [2.05, 4.69) is 29.2 Å². The van der Waals surface area contributed by atoms with Gasteiger partial charge in [-0.25, -0.2) is 15.8 Å². The maximum atomic E-state index is 5.86. The molecule has 0 amide bonds. The smallest absolute Gasteiger partial charge is 0.161 e. The lowest BCUT2D eigenvalue weighted by Gasteiger charge is -2.34. The topological polar surface area (TPSA) is 76.3 Å². The third kappa shape index (κ3) is 2.63. The molecule has 2 aliphatic rings. The second kappa shape index (κ2) is 5.85. The number of fused-ring (bicyclic) bond motifs is 1. The highest BCUT2D eigenvalue weighted by atomic mass is 32.2. The summed E-state index contributed by atoms with van der Waals surface area (Å²) in [5, 5.41) is 0. The fourth-order valence-electron chi connectivity index (χ4n) is 2.63. The van der Waals surface area contributed by atoms with Gasteiger partial charge in [0, 0.05) is 36.2 Å². The van der Waals surface area contributed by atoms with Crippen LogP contribution in [-0.2, 0) is 16.2 Å². The average molecular weight is 295 g/mol. The quantitative estimate of drug-likeness (QED) is 0.643. The third-order valence-corrected chi connectivity index (χ3v) is 4.82. The van der Waals surface area contributed by atoms with Gasteiger partial charge in [-0.1, -0.05) is 0 Å². The summed E-state index contributed by atoms with van der Waals surface area (Å²) in [5.41, 5.74) is 4.94. The molecular formula is C13H21N5OS. The van der Waals surface area contributed by atoms with Gasteiger partial charge in [-0.3, -0.25) is 4.90 Å². The van der Waals surface area contributed by atoms with Crippen molar-refractivity contribution >= 4 is 17.6 Å². The van der Waals surface area contributed by atoms with Crippen molar-refractivity contribution in [3.8, 4) is 0 Å². The van der Waals surface area contributed by atoms with Gasteiger partial charge in [0.2, 0.25) is 0 Å². The van der Waals surface area contributed by atoms with Crippen molar-refractivity contribution in [2.75, 3.05) is 25.1 Å². The van der Waals surface area contributed by atoms with E-state index in [1.807, 2.05) is 11.8 Å². The molecule has 110 valence electrons. The number of hydrogen-bond donors (Lipinski definition) is 2. The second-order valence-corrected chi connectivity index (χ2v) is 6.43. The number of nitrogen functional groups attached to an aromatic ring is 1. The van der Waals surface area contributed by atoms with E-state index in [1.54, 1.807) is 0 Å². The Morgan fingerprint density at radius 3 is 3.00 bits per heavy atom. The maximum absolute atomic E-state index is 5.86. The number of anilines is 1. The second-order valence-electron chi connectivity index (χ2n) is 5.44. The zero-order valence-corrected chi connectivity index (χ0v) is 12.7. The number of nitrogens with one attached hydrogen (secondary N) is 1. The first-order valence-electron chi connectivity index (χ1n) is 6.98. The molecule has 0 aliphatic carbocycles. The van der Waals surface area contributed by atoms with Gasteiger partial charge in [0.25, 0.3) is 0 Å². The normalized spacial score (nSPS) is 23.1. The monoisotopic (exact) mass is 295 g/mol. The Kier molecular flexibility index (Phi) is 4.11. The molecule has 7 heteroatoms. The Balaban J connectivity index is 1.86. The summed E-state index contributed by atoms with van der Waals surface area (Å²) in [6.07, 6.45) is -0.0610. The van der Waals surface area contributed by atoms with E-state index in [4.69, 9.17) is 15.6 Å². The van der Waals surface area contributed by atoms with Crippen LogP contribution in [0.15, 0.2) is 0 Å². The number of morpholine rings is 1. The molecule has 1 atom stereocenters. The largest absolute Gasteiger partial charge is 0.368 e. The van der Waals surface area contributed by atoms with Crippen LogP contribution in [0.1, 0.15) is 37.0 Å². The predicted octanol–water partition coefficient (Wildman–Crippen LogP) is 1.29. The lowest BCUT2D eigenvalue weighted by molar-refractivity contribution is -0.0442. The van der Waals surface area contributed by atoms with E-state index in [1.165, 1.54) is 0 Å². The van der Waals surface area contributed by atoms with Crippen LogP contribution in [0.25, 0.3) is 0 Å². The molecule has 1 aromatic heterocycles. The Morgan fingerprint density at radius 1 is 1.40 bits per heavy atom. The van der Waals surface area contributed by atoms with E-state index in [0.29, 0.717) is 6.04 Å². The number of nitrogens with zero attached hydrogens (tertiary/aromatic N) is 3. The Labute approximate surface area is 123 Å². The zero-order valence-electron chi connectivity index (χ0n) is 11.9. The first-order valence-corrected chi connectivity index (χ1v) is 8.14. The number of aromatic nitrogens is 2. The van der Waals surface area contributed by atoms with Crippen LogP contribution >= 0.6 is 11.8 Å². The van der Waals surface area contributed by atoms with E-state index in [9.17, 15) is 0 Å². The van der Waals surface area contributed by atoms with Crippen LogP contribution in [0.2, 0.25) is 0 Å². The molecule has 0 saturated carbocycles. The molecule has 3 N–H and O–H groups in total. The first kappa shape index (κ1) is 14.1. The fraction of sp³-hybridized carbons (Fsp3) is 0.692. The summed E-state index contributed by atoms with van der Waals surface area (Å²) in [6.45, 7) is 6.94. The SMILES string of the molecule is CC(C)N1CCOC(c2nc3c(c(NN)n2)CSC3)C1. The minimum Gasteiger partial charge on any atom is -0.368 e. The molecule has 1 fully saturated rings. The third-order valence-electron chi connectivity index (χ3n) is 3.85. The van der Waals surface area contributed by atoms with E-state index < -0.39 is 0 Å². The summed E-state index contributed by atoms with van der Waals surface area (Å²) in [6, 6.07) is 0.512. The van der Waals surface area contributed by atoms with Gasteiger partial charge in [-0.2, -0.15) is 11.8 Å². The van der Waals surface area contributed by atoms with Crippen molar-refractivity contribution in [2.45, 2.75) is 37.5 Å². The Bertz CT molecular complexity index is 496. The van der Waals surface area contributed by atoms with E-state index in [-0.39, 0.29) is 6.10 Å². The number of thioether (sulfide) groups is 1. The molecule has 6 nitrogen and oxygen atoms in total. The molecule has 3 rings (SSSR count). The summed E-state index contributed by atoms with van der Waals surface area (Å²) in [4.78, 5) is 11.7.